The van der Waals surface area contributed by atoms with Gasteiger partial charge in [0.2, 0.25) is 0 Å². The molecule has 0 bridgehead atoms. The molecule has 0 aliphatic rings. The lowest BCUT2D eigenvalue weighted by molar-refractivity contribution is 0.0616. The molecule has 1 aromatic rings. The minimum Gasteiger partial charge on any atom is -0.477 e. The molecule has 0 aliphatic heterocycles. The fourth-order valence-corrected chi connectivity index (χ4v) is 1.09. The molecular formula is C9H14N2O4. The van der Waals surface area contributed by atoms with Gasteiger partial charge in [-0.15, -0.1) is 0 Å². The maximum Gasteiger partial charge on any atom is 0.354 e. The van der Waals surface area contributed by atoms with Crippen LogP contribution in [0.2, 0.25) is 0 Å². The lowest BCUT2D eigenvalue weighted by atomic mass is 10.4. The molecule has 15 heavy (non-hydrogen) atoms. The summed E-state index contributed by atoms with van der Waals surface area (Å²) in [6.45, 7) is 1.88. The SMILES string of the molecule is COCCOCCn1nccc1C(=O)O. The minimum atomic E-state index is -0.982. The zero-order chi connectivity index (χ0) is 11.1. The molecule has 0 amide bonds. The van der Waals surface area contributed by atoms with E-state index in [1.54, 1.807) is 7.11 Å². The van der Waals surface area contributed by atoms with Crippen LogP contribution in [0.5, 0.6) is 0 Å². The fraction of sp³-hybridized carbons (Fsp3) is 0.556. The van der Waals surface area contributed by atoms with Gasteiger partial charge in [-0.3, -0.25) is 4.68 Å². The molecule has 1 heterocycles. The Labute approximate surface area is 87.4 Å². The summed E-state index contributed by atoms with van der Waals surface area (Å²) < 4.78 is 11.4. The number of carboxylic acid groups (broad SMARTS) is 1. The molecule has 0 aliphatic carbocycles. The van der Waals surface area contributed by atoms with Crippen LogP contribution in [-0.2, 0) is 16.0 Å². The monoisotopic (exact) mass is 214 g/mol. The minimum absolute atomic E-state index is 0.172. The summed E-state index contributed by atoms with van der Waals surface area (Å²) in [7, 11) is 1.60. The van der Waals surface area contributed by atoms with Crippen LogP contribution in [0, 0.1) is 0 Å². The molecule has 0 atom stereocenters. The molecular weight excluding hydrogens is 200 g/mol. The van der Waals surface area contributed by atoms with Crippen molar-refractivity contribution < 1.29 is 19.4 Å². The molecule has 0 saturated heterocycles. The van der Waals surface area contributed by atoms with E-state index in [-0.39, 0.29) is 5.69 Å². The van der Waals surface area contributed by atoms with Gasteiger partial charge in [0.05, 0.1) is 26.4 Å². The van der Waals surface area contributed by atoms with E-state index < -0.39 is 5.97 Å². The Kier molecular flexibility index (Phi) is 4.79. The molecule has 6 heteroatoms. The van der Waals surface area contributed by atoms with Gasteiger partial charge in [-0.2, -0.15) is 5.10 Å². The number of nitrogens with zero attached hydrogens (tertiary/aromatic N) is 2. The Balaban J connectivity index is 2.31. The van der Waals surface area contributed by atoms with Gasteiger partial charge < -0.3 is 14.6 Å². The molecule has 0 saturated carbocycles. The van der Waals surface area contributed by atoms with Gasteiger partial charge in [-0.05, 0) is 6.07 Å². The summed E-state index contributed by atoms with van der Waals surface area (Å²) in [5, 5.41) is 12.7. The molecule has 0 spiro atoms. The van der Waals surface area contributed by atoms with E-state index in [2.05, 4.69) is 5.10 Å². The normalized spacial score (nSPS) is 10.5. The van der Waals surface area contributed by atoms with E-state index in [1.165, 1.54) is 16.9 Å². The smallest absolute Gasteiger partial charge is 0.354 e. The number of carbonyl (C=O) groups is 1. The summed E-state index contributed by atoms with van der Waals surface area (Å²) in [4.78, 5) is 10.7. The molecule has 84 valence electrons. The number of ether oxygens (including phenoxy) is 2. The van der Waals surface area contributed by atoms with Crippen molar-refractivity contribution in [2.24, 2.45) is 0 Å². The summed E-state index contributed by atoms with van der Waals surface area (Å²) in [5.41, 5.74) is 0.172. The lowest BCUT2D eigenvalue weighted by Gasteiger charge is -2.05. The fourth-order valence-electron chi connectivity index (χ4n) is 1.09. The summed E-state index contributed by atoms with van der Waals surface area (Å²) in [5.74, 6) is -0.982. The highest BCUT2D eigenvalue weighted by atomic mass is 16.5. The molecule has 1 rings (SSSR count). The van der Waals surface area contributed by atoms with Crippen molar-refractivity contribution in [2.75, 3.05) is 26.9 Å². The predicted octanol–water partition coefficient (Wildman–Crippen LogP) is 0.244. The predicted molar refractivity (Wildman–Crippen MR) is 51.9 cm³/mol. The van der Waals surface area contributed by atoms with Crippen LogP contribution in [-0.4, -0.2) is 47.8 Å². The third-order valence-electron chi connectivity index (χ3n) is 1.81. The zero-order valence-electron chi connectivity index (χ0n) is 8.55. The molecule has 0 radical (unpaired) electrons. The van der Waals surface area contributed by atoms with Crippen LogP contribution < -0.4 is 0 Å². The number of hydrogen-bond donors (Lipinski definition) is 1. The number of aromatic carboxylic acids is 1. The van der Waals surface area contributed by atoms with Gasteiger partial charge in [0, 0.05) is 13.3 Å². The Hall–Kier alpha value is -1.40. The first-order valence-corrected chi connectivity index (χ1v) is 4.57. The van der Waals surface area contributed by atoms with Gasteiger partial charge in [0.15, 0.2) is 0 Å². The molecule has 0 fully saturated rings. The second-order valence-corrected chi connectivity index (χ2v) is 2.85. The highest BCUT2D eigenvalue weighted by Gasteiger charge is 2.08. The third-order valence-corrected chi connectivity index (χ3v) is 1.81. The Morgan fingerprint density at radius 2 is 2.33 bits per heavy atom. The average molecular weight is 214 g/mol. The first-order chi connectivity index (χ1) is 7.25. The van der Waals surface area contributed by atoms with Crippen molar-refractivity contribution in [2.45, 2.75) is 6.54 Å². The number of hydrogen-bond acceptors (Lipinski definition) is 4. The lowest BCUT2D eigenvalue weighted by Crippen LogP contribution is -2.14. The van der Waals surface area contributed by atoms with Gasteiger partial charge in [0.1, 0.15) is 5.69 Å². The highest BCUT2D eigenvalue weighted by Crippen LogP contribution is 1.98. The van der Waals surface area contributed by atoms with Gasteiger partial charge >= 0.3 is 5.97 Å². The van der Waals surface area contributed by atoms with E-state index in [1.807, 2.05) is 0 Å². The quantitative estimate of drug-likeness (QED) is 0.658. The second-order valence-electron chi connectivity index (χ2n) is 2.85. The number of carboxylic acids is 1. The van der Waals surface area contributed by atoms with Gasteiger partial charge in [-0.25, -0.2) is 4.79 Å². The number of rotatable bonds is 7. The molecule has 0 aromatic carbocycles. The number of aromatic nitrogens is 2. The standard InChI is InChI=1S/C9H14N2O4/c1-14-6-7-15-5-4-11-8(9(12)13)2-3-10-11/h2-3H,4-7H2,1H3,(H,12,13). The molecule has 0 unspecified atom stereocenters. The van der Waals surface area contributed by atoms with E-state index in [4.69, 9.17) is 14.6 Å². The van der Waals surface area contributed by atoms with Crippen molar-refractivity contribution in [1.29, 1.82) is 0 Å². The summed E-state index contributed by atoms with van der Waals surface area (Å²) >= 11 is 0. The van der Waals surface area contributed by atoms with Crippen LogP contribution >= 0.6 is 0 Å². The van der Waals surface area contributed by atoms with Crippen molar-refractivity contribution in [3.63, 3.8) is 0 Å². The van der Waals surface area contributed by atoms with E-state index >= 15 is 0 Å². The Morgan fingerprint density at radius 1 is 1.53 bits per heavy atom. The van der Waals surface area contributed by atoms with E-state index in [9.17, 15) is 4.79 Å². The van der Waals surface area contributed by atoms with Crippen molar-refractivity contribution in [1.82, 2.24) is 9.78 Å². The van der Waals surface area contributed by atoms with Gasteiger partial charge in [-0.1, -0.05) is 0 Å². The van der Waals surface area contributed by atoms with Crippen LogP contribution in [0.4, 0.5) is 0 Å². The highest BCUT2D eigenvalue weighted by molar-refractivity contribution is 5.85. The van der Waals surface area contributed by atoms with Crippen molar-refractivity contribution in [3.05, 3.63) is 18.0 Å². The van der Waals surface area contributed by atoms with Crippen LogP contribution in [0.25, 0.3) is 0 Å². The van der Waals surface area contributed by atoms with E-state index in [0.29, 0.717) is 26.4 Å². The Bertz CT molecular complexity index is 311. The zero-order valence-corrected chi connectivity index (χ0v) is 8.55. The second kappa shape index (κ2) is 6.15. The van der Waals surface area contributed by atoms with Crippen molar-refractivity contribution >= 4 is 5.97 Å². The van der Waals surface area contributed by atoms with Gasteiger partial charge in [0.25, 0.3) is 0 Å². The summed E-state index contributed by atoms with van der Waals surface area (Å²) in [6, 6.07) is 1.46. The van der Waals surface area contributed by atoms with Crippen LogP contribution in [0.15, 0.2) is 12.3 Å². The average Bonchev–Trinajstić information content (AvgIpc) is 2.66. The largest absolute Gasteiger partial charge is 0.477 e. The molecule has 1 aromatic heterocycles. The third kappa shape index (κ3) is 3.69. The van der Waals surface area contributed by atoms with Crippen LogP contribution in [0.3, 0.4) is 0 Å². The first-order valence-electron chi connectivity index (χ1n) is 4.57. The maximum atomic E-state index is 10.7. The molecule has 6 nitrogen and oxygen atoms in total. The van der Waals surface area contributed by atoms with Crippen molar-refractivity contribution in [3.8, 4) is 0 Å². The van der Waals surface area contributed by atoms with Crippen LogP contribution in [0.1, 0.15) is 10.5 Å². The first kappa shape index (κ1) is 11.7. The Morgan fingerprint density at radius 3 is 3.00 bits per heavy atom. The number of methoxy groups -OCH3 is 1. The maximum absolute atomic E-state index is 10.7. The van der Waals surface area contributed by atoms with E-state index in [0.717, 1.165) is 0 Å². The molecule has 1 N–H and O–H groups in total. The summed E-state index contributed by atoms with van der Waals surface area (Å²) in [6.07, 6.45) is 1.46. The topological polar surface area (TPSA) is 73.6 Å².